The topological polar surface area (TPSA) is 78.4 Å². The average Bonchev–Trinajstić information content (AvgIpc) is 2.39. The number of nitrogens with one attached hydrogen (secondary N) is 2. The van der Waals surface area contributed by atoms with Crippen LogP contribution in [0.2, 0.25) is 0 Å². The van der Waals surface area contributed by atoms with Crippen LogP contribution in [0.25, 0.3) is 0 Å². The molecule has 1 aliphatic heterocycles. The molecular formula is C15H26N2O3. The van der Waals surface area contributed by atoms with Crippen LogP contribution in [0.4, 0.5) is 0 Å². The van der Waals surface area contributed by atoms with Gasteiger partial charge in [-0.25, -0.2) is 0 Å². The summed E-state index contributed by atoms with van der Waals surface area (Å²) in [5.74, 6) is -0.799. The van der Waals surface area contributed by atoms with E-state index in [1.807, 2.05) is 6.92 Å². The summed E-state index contributed by atoms with van der Waals surface area (Å²) in [5.41, 5.74) is -0.928. The van der Waals surface area contributed by atoms with Crippen molar-refractivity contribution in [3.63, 3.8) is 0 Å². The van der Waals surface area contributed by atoms with E-state index in [4.69, 9.17) is 5.11 Å². The molecule has 20 heavy (non-hydrogen) atoms. The van der Waals surface area contributed by atoms with Crippen molar-refractivity contribution in [3.8, 4) is 0 Å². The van der Waals surface area contributed by atoms with Gasteiger partial charge in [0, 0.05) is 6.54 Å². The zero-order valence-electron chi connectivity index (χ0n) is 12.3. The number of carbonyl (C=O) groups excluding carboxylic acids is 1. The summed E-state index contributed by atoms with van der Waals surface area (Å²) in [7, 11) is 0. The summed E-state index contributed by atoms with van der Waals surface area (Å²) < 4.78 is 0. The summed E-state index contributed by atoms with van der Waals surface area (Å²) in [6.45, 7) is 3.62. The number of carboxylic acids is 1. The molecule has 1 amide bonds. The van der Waals surface area contributed by atoms with Gasteiger partial charge in [-0.2, -0.15) is 0 Å². The Bertz CT molecular complexity index is 369. The molecule has 1 atom stereocenters. The maximum absolute atomic E-state index is 12.6. The highest BCUT2D eigenvalue weighted by atomic mass is 16.4. The maximum atomic E-state index is 12.6. The lowest BCUT2D eigenvalue weighted by atomic mass is 9.76. The third kappa shape index (κ3) is 3.51. The maximum Gasteiger partial charge on any atom is 0.305 e. The van der Waals surface area contributed by atoms with Crippen LogP contribution < -0.4 is 10.6 Å². The highest BCUT2D eigenvalue weighted by molar-refractivity contribution is 5.84. The summed E-state index contributed by atoms with van der Waals surface area (Å²) in [4.78, 5) is 23.8. The van der Waals surface area contributed by atoms with Gasteiger partial charge in [0.15, 0.2) is 0 Å². The van der Waals surface area contributed by atoms with E-state index in [2.05, 4.69) is 10.6 Å². The lowest BCUT2D eigenvalue weighted by Gasteiger charge is -2.41. The monoisotopic (exact) mass is 282 g/mol. The van der Waals surface area contributed by atoms with Crippen molar-refractivity contribution in [2.45, 2.75) is 63.8 Å². The molecule has 1 unspecified atom stereocenters. The Morgan fingerprint density at radius 1 is 1.15 bits per heavy atom. The molecule has 0 aromatic carbocycles. The Labute approximate surface area is 120 Å². The fraction of sp³-hybridized carbons (Fsp3) is 0.867. The molecule has 0 bridgehead atoms. The van der Waals surface area contributed by atoms with Crippen LogP contribution in [0.15, 0.2) is 0 Å². The van der Waals surface area contributed by atoms with Gasteiger partial charge in [0.05, 0.1) is 17.4 Å². The first kappa shape index (κ1) is 15.3. The van der Waals surface area contributed by atoms with Gasteiger partial charge >= 0.3 is 5.97 Å². The Kier molecular flexibility index (Phi) is 4.68. The summed E-state index contributed by atoms with van der Waals surface area (Å²) >= 11 is 0. The number of carbonyl (C=O) groups is 2. The first-order chi connectivity index (χ1) is 9.46. The summed E-state index contributed by atoms with van der Waals surface area (Å²) in [6, 6.07) is 0. The second-order valence-corrected chi connectivity index (χ2v) is 6.71. The number of hydrogen-bond acceptors (Lipinski definition) is 3. The van der Waals surface area contributed by atoms with Gasteiger partial charge in [0.1, 0.15) is 0 Å². The van der Waals surface area contributed by atoms with E-state index < -0.39 is 16.9 Å². The van der Waals surface area contributed by atoms with Crippen LogP contribution in [0.5, 0.6) is 0 Å². The molecule has 0 aromatic rings. The number of hydrogen-bond donors (Lipinski definition) is 3. The van der Waals surface area contributed by atoms with Crippen LogP contribution in [0, 0.1) is 5.41 Å². The third-order valence-corrected chi connectivity index (χ3v) is 4.82. The first-order valence-electron chi connectivity index (χ1n) is 7.71. The van der Waals surface area contributed by atoms with Crippen molar-refractivity contribution in [1.29, 1.82) is 0 Å². The molecule has 1 aliphatic carbocycles. The van der Waals surface area contributed by atoms with Gasteiger partial charge in [-0.3, -0.25) is 9.59 Å². The molecule has 5 heteroatoms. The second kappa shape index (κ2) is 6.12. The molecule has 2 rings (SSSR count). The second-order valence-electron chi connectivity index (χ2n) is 6.71. The van der Waals surface area contributed by atoms with Crippen LogP contribution in [0.1, 0.15) is 58.3 Å². The molecule has 0 spiro atoms. The normalized spacial score (nSPS) is 29.6. The predicted octanol–water partition coefficient (Wildman–Crippen LogP) is 1.67. The molecule has 1 heterocycles. The fourth-order valence-electron chi connectivity index (χ4n) is 3.51. The van der Waals surface area contributed by atoms with Crippen molar-refractivity contribution in [1.82, 2.24) is 10.6 Å². The van der Waals surface area contributed by atoms with Crippen LogP contribution in [-0.2, 0) is 9.59 Å². The number of piperidine rings is 1. The Morgan fingerprint density at radius 2 is 1.85 bits per heavy atom. The lowest BCUT2D eigenvalue weighted by molar-refractivity contribution is -0.141. The number of amides is 1. The van der Waals surface area contributed by atoms with Crippen LogP contribution in [0.3, 0.4) is 0 Å². The lowest BCUT2D eigenvalue weighted by Crippen LogP contribution is -2.57. The molecule has 114 valence electrons. The van der Waals surface area contributed by atoms with Crippen molar-refractivity contribution in [2.75, 3.05) is 13.1 Å². The predicted molar refractivity (Wildman–Crippen MR) is 76.4 cm³/mol. The van der Waals surface area contributed by atoms with E-state index >= 15 is 0 Å². The number of aliphatic carboxylic acids is 1. The highest BCUT2D eigenvalue weighted by Crippen LogP contribution is 2.34. The molecule has 0 aromatic heterocycles. The minimum absolute atomic E-state index is 0.0212. The quantitative estimate of drug-likeness (QED) is 0.733. The zero-order valence-corrected chi connectivity index (χ0v) is 12.3. The largest absolute Gasteiger partial charge is 0.481 e. The third-order valence-electron chi connectivity index (χ3n) is 4.82. The molecule has 1 saturated heterocycles. The number of rotatable bonds is 4. The van der Waals surface area contributed by atoms with Gasteiger partial charge in [0.25, 0.3) is 0 Å². The first-order valence-corrected chi connectivity index (χ1v) is 7.71. The van der Waals surface area contributed by atoms with Crippen molar-refractivity contribution in [3.05, 3.63) is 0 Å². The minimum Gasteiger partial charge on any atom is -0.481 e. The van der Waals surface area contributed by atoms with Crippen molar-refractivity contribution in [2.24, 2.45) is 5.41 Å². The zero-order chi connectivity index (χ0) is 14.6. The highest BCUT2D eigenvalue weighted by Gasteiger charge is 2.41. The molecule has 5 nitrogen and oxygen atoms in total. The van der Waals surface area contributed by atoms with E-state index in [1.165, 1.54) is 0 Å². The van der Waals surface area contributed by atoms with E-state index in [0.717, 1.165) is 51.5 Å². The molecular weight excluding hydrogens is 256 g/mol. The van der Waals surface area contributed by atoms with Gasteiger partial charge in [-0.15, -0.1) is 0 Å². The van der Waals surface area contributed by atoms with Crippen LogP contribution >= 0.6 is 0 Å². The van der Waals surface area contributed by atoms with Crippen molar-refractivity contribution < 1.29 is 14.7 Å². The van der Waals surface area contributed by atoms with E-state index in [1.54, 1.807) is 0 Å². The van der Waals surface area contributed by atoms with Gasteiger partial charge in [-0.05, 0) is 39.2 Å². The standard InChI is InChI=1S/C15H26N2O3/c1-14(6-5-9-16-11-14)13(20)17-15(10-12(18)19)7-3-2-4-8-15/h16H,2-11H2,1H3,(H,17,20)(H,18,19). The van der Waals surface area contributed by atoms with Crippen molar-refractivity contribution >= 4 is 11.9 Å². The van der Waals surface area contributed by atoms with Crippen LogP contribution in [-0.4, -0.2) is 35.6 Å². The summed E-state index contributed by atoms with van der Waals surface area (Å²) in [5, 5.41) is 15.5. The van der Waals surface area contributed by atoms with Gasteiger partial charge < -0.3 is 15.7 Å². The Balaban J connectivity index is 2.06. The smallest absolute Gasteiger partial charge is 0.305 e. The Hall–Kier alpha value is -1.10. The molecule has 0 radical (unpaired) electrons. The minimum atomic E-state index is -0.820. The molecule has 2 aliphatic rings. The Morgan fingerprint density at radius 3 is 2.40 bits per heavy atom. The van der Waals surface area contributed by atoms with E-state index in [9.17, 15) is 9.59 Å². The molecule has 2 fully saturated rings. The molecule has 1 saturated carbocycles. The summed E-state index contributed by atoms with van der Waals surface area (Å²) in [6.07, 6.45) is 6.62. The van der Waals surface area contributed by atoms with E-state index in [-0.39, 0.29) is 12.3 Å². The average molecular weight is 282 g/mol. The van der Waals surface area contributed by atoms with Gasteiger partial charge in [0.2, 0.25) is 5.91 Å². The SMILES string of the molecule is CC1(C(=O)NC2(CC(=O)O)CCCCC2)CCCNC1. The van der Waals surface area contributed by atoms with E-state index in [0.29, 0.717) is 6.54 Å². The molecule has 3 N–H and O–H groups in total. The fourth-order valence-corrected chi connectivity index (χ4v) is 3.51. The van der Waals surface area contributed by atoms with Gasteiger partial charge in [-0.1, -0.05) is 19.3 Å². The number of carboxylic acid groups (broad SMARTS) is 1.